The quantitative estimate of drug-likeness (QED) is 0.767. The van der Waals surface area contributed by atoms with Gasteiger partial charge < -0.3 is 9.84 Å². The molecule has 9 heteroatoms. The van der Waals surface area contributed by atoms with Gasteiger partial charge in [-0.25, -0.2) is 18.2 Å². The van der Waals surface area contributed by atoms with Crippen molar-refractivity contribution < 1.29 is 23.1 Å². The zero-order chi connectivity index (χ0) is 13.6. The van der Waals surface area contributed by atoms with Gasteiger partial charge in [0.1, 0.15) is 0 Å². The second kappa shape index (κ2) is 4.26. The molecule has 2 rings (SSSR count). The Labute approximate surface area is 108 Å². The molecular weight excluding hydrogens is 280 g/mol. The van der Waals surface area contributed by atoms with Crippen molar-refractivity contribution in [1.29, 1.82) is 0 Å². The predicted molar refractivity (Wildman–Crippen MR) is 62.8 cm³/mol. The van der Waals surface area contributed by atoms with Gasteiger partial charge in [0.25, 0.3) is 10.0 Å². The van der Waals surface area contributed by atoms with Crippen LogP contribution in [0.3, 0.4) is 0 Å². The van der Waals surface area contributed by atoms with Gasteiger partial charge in [-0.3, -0.25) is 0 Å². The molecule has 2 heterocycles. The molecule has 1 aliphatic rings. The highest BCUT2D eigenvalue weighted by molar-refractivity contribution is 7.91. The van der Waals surface area contributed by atoms with E-state index in [0.717, 1.165) is 22.8 Å². The van der Waals surface area contributed by atoms with E-state index in [1.807, 2.05) is 0 Å². The molecule has 0 aliphatic carbocycles. The van der Waals surface area contributed by atoms with Crippen LogP contribution in [0.25, 0.3) is 0 Å². The second-order valence-corrected chi connectivity index (χ2v) is 7.24. The largest absolute Gasteiger partial charge is 0.464 e. The van der Waals surface area contributed by atoms with Crippen LogP contribution < -0.4 is 0 Å². The Hall–Kier alpha value is -1.03. The molecule has 7 nitrogen and oxygen atoms in total. The van der Waals surface area contributed by atoms with Gasteiger partial charge in [0.05, 0.1) is 18.2 Å². The molecule has 1 fully saturated rings. The van der Waals surface area contributed by atoms with Crippen LogP contribution in [-0.2, 0) is 14.8 Å². The molecule has 0 spiro atoms. The van der Waals surface area contributed by atoms with Crippen molar-refractivity contribution in [3.8, 4) is 0 Å². The number of thiazole rings is 1. The number of hydrogen-bond donors (Lipinski definition) is 1. The Balaban J connectivity index is 2.32. The summed E-state index contributed by atoms with van der Waals surface area (Å²) in [5.41, 5.74) is 0.0503. The van der Waals surface area contributed by atoms with Gasteiger partial charge in [-0.15, -0.1) is 11.3 Å². The molecule has 1 N–H and O–H groups in total. The normalized spacial score (nSPS) is 19.3. The molecule has 0 bridgehead atoms. The van der Waals surface area contributed by atoms with Gasteiger partial charge in [-0.2, -0.15) is 4.31 Å². The van der Waals surface area contributed by atoms with Crippen LogP contribution in [0.5, 0.6) is 0 Å². The lowest BCUT2D eigenvalue weighted by atomic mass is 10.0. The number of aromatic nitrogens is 1. The summed E-state index contributed by atoms with van der Waals surface area (Å²) in [4.78, 5) is 15.1. The smallest absolute Gasteiger partial charge is 0.358 e. The van der Waals surface area contributed by atoms with Crippen LogP contribution in [-0.4, -0.2) is 54.6 Å². The summed E-state index contributed by atoms with van der Waals surface area (Å²) in [5, 5.41) is 9.56. The van der Waals surface area contributed by atoms with E-state index in [4.69, 9.17) is 0 Å². The van der Waals surface area contributed by atoms with Crippen molar-refractivity contribution >= 4 is 27.3 Å². The highest BCUT2D eigenvalue weighted by atomic mass is 32.2. The molecule has 18 heavy (non-hydrogen) atoms. The molecular formula is C9H12N2O5S2. The summed E-state index contributed by atoms with van der Waals surface area (Å²) in [6.45, 7) is 1.56. The summed E-state index contributed by atoms with van der Waals surface area (Å²) in [6, 6.07) is 0. The molecule has 0 amide bonds. The lowest BCUT2D eigenvalue weighted by Crippen LogP contribution is -2.61. The number of nitrogens with zero attached hydrogens (tertiary/aromatic N) is 2. The average molecular weight is 292 g/mol. The van der Waals surface area contributed by atoms with Crippen LogP contribution >= 0.6 is 11.3 Å². The van der Waals surface area contributed by atoms with Crippen molar-refractivity contribution in [3.05, 3.63) is 11.2 Å². The van der Waals surface area contributed by atoms with Crippen molar-refractivity contribution in [2.45, 2.75) is 16.7 Å². The molecule has 0 unspecified atom stereocenters. The van der Waals surface area contributed by atoms with Crippen molar-refractivity contribution in [2.75, 3.05) is 20.2 Å². The minimum Gasteiger partial charge on any atom is -0.464 e. The lowest BCUT2D eigenvalue weighted by molar-refractivity contribution is -0.0425. The van der Waals surface area contributed by atoms with E-state index < -0.39 is 21.6 Å². The second-order valence-electron chi connectivity index (χ2n) is 4.25. The zero-order valence-corrected chi connectivity index (χ0v) is 11.4. The van der Waals surface area contributed by atoms with Crippen LogP contribution in [0.1, 0.15) is 17.4 Å². The Morgan fingerprint density at radius 3 is 2.72 bits per heavy atom. The molecule has 0 aromatic carbocycles. The van der Waals surface area contributed by atoms with E-state index in [1.165, 1.54) is 5.51 Å². The van der Waals surface area contributed by atoms with Crippen molar-refractivity contribution in [3.63, 3.8) is 0 Å². The number of hydrogen-bond acceptors (Lipinski definition) is 7. The number of carbonyl (C=O) groups excluding carboxylic acids is 1. The summed E-state index contributed by atoms with van der Waals surface area (Å²) >= 11 is 0.855. The molecule has 100 valence electrons. The highest BCUT2D eigenvalue weighted by Crippen LogP contribution is 2.31. The maximum Gasteiger partial charge on any atom is 0.358 e. The minimum atomic E-state index is -3.79. The standard InChI is InChI=1S/C9H12N2O5S2/c1-9(13)3-11(4-9)18(14,15)8-6(7(12)16-2)10-5-17-8/h5,13H,3-4H2,1-2H3. The van der Waals surface area contributed by atoms with Gasteiger partial charge in [0.2, 0.25) is 0 Å². The molecule has 1 aromatic heterocycles. The molecule has 1 aliphatic heterocycles. The van der Waals surface area contributed by atoms with Gasteiger partial charge in [-0.1, -0.05) is 0 Å². The number of esters is 1. The monoisotopic (exact) mass is 292 g/mol. The average Bonchev–Trinajstić information content (AvgIpc) is 2.74. The molecule has 1 saturated heterocycles. The number of aliphatic hydroxyl groups is 1. The van der Waals surface area contributed by atoms with E-state index in [2.05, 4.69) is 9.72 Å². The van der Waals surface area contributed by atoms with E-state index in [9.17, 15) is 18.3 Å². The number of β-amino-alcohol motifs (C(OH)–C–C–N with tert-alkyl or cyclic N) is 1. The van der Waals surface area contributed by atoms with Crippen molar-refractivity contribution in [2.24, 2.45) is 0 Å². The Kier molecular flexibility index (Phi) is 3.18. The fraction of sp³-hybridized carbons (Fsp3) is 0.556. The third-order valence-corrected chi connectivity index (χ3v) is 5.66. The minimum absolute atomic E-state index is 0.00778. The van der Waals surface area contributed by atoms with Crippen LogP contribution in [0.15, 0.2) is 9.72 Å². The van der Waals surface area contributed by atoms with Crippen molar-refractivity contribution in [1.82, 2.24) is 9.29 Å². The first kappa shape index (κ1) is 13.4. The Bertz CT molecular complexity index is 570. The van der Waals surface area contributed by atoms with Gasteiger partial charge >= 0.3 is 5.97 Å². The Morgan fingerprint density at radius 2 is 2.22 bits per heavy atom. The van der Waals surface area contributed by atoms with Gasteiger partial charge in [-0.05, 0) is 6.92 Å². The summed E-state index contributed by atoms with van der Waals surface area (Å²) in [7, 11) is -2.63. The van der Waals surface area contributed by atoms with E-state index in [-0.39, 0.29) is 23.0 Å². The Morgan fingerprint density at radius 1 is 1.61 bits per heavy atom. The summed E-state index contributed by atoms with van der Waals surface area (Å²) in [6.07, 6.45) is 0. The highest BCUT2D eigenvalue weighted by Gasteiger charge is 2.45. The topological polar surface area (TPSA) is 96.8 Å². The summed E-state index contributed by atoms with van der Waals surface area (Å²) in [5.74, 6) is -0.790. The molecule has 0 radical (unpaired) electrons. The van der Waals surface area contributed by atoms with Crippen LogP contribution in [0, 0.1) is 0 Å². The SMILES string of the molecule is COC(=O)c1ncsc1S(=O)(=O)N1CC(C)(O)C1. The fourth-order valence-corrected chi connectivity index (χ4v) is 4.60. The molecule has 0 saturated carbocycles. The zero-order valence-electron chi connectivity index (χ0n) is 9.78. The van der Waals surface area contributed by atoms with Gasteiger partial charge in [0.15, 0.2) is 9.90 Å². The van der Waals surface area contributed by atoms with E-state index in [0.29, 0.717) is 0 Å². The first-order chi connectivity index (χ1) is 8.28. The first-order valence-corrected chi connectivity index (χ1v) is 7.34. The van der Waals surface area contributed by atoms with Crippen LogP contribution in [0.2, 0.25) is 0 Å². The number of ether oxygens (including phenoxy) is 1. The number of rotatable bonds is 3. The third-order valence-electron chi connectivity index (χ3n) is 2.52. The number of sulfonamides is 1. The summed E-state index contributed by atoms with van der Waals surface area (Å²) < 4.78 is 29.8. The third kappa shape index (κ3) is 2.14. The number of carbonyl (C=O) groups is 1. The van der Waals surface area contributed by atoms with Crippen LogP contribution in [0.4, 0.5) is 0 Å². The maximum atomic E-state index is 12.2. The molecule has 1 aromatic rings. The fourth-order valence-electron chi connectivity index (χ4n) is 1.65. The van der Waals surface area contributed by atoms with Gasteiger partial charge in [0, 0.05) is 13.1 Å². The maximum absolute atomic E-state index is 12.2. The van der Waals surface area contributed by atoms with E-state index >= 15 is 0 Å². The molecule has 0 atom stereocenters. The first-order valence-electron chi connectivity index (χ1n) is 5.02. The van der Waals surface area contributed by atoms with E-state index in [1.54, 1.807) is 6.92 Å². The predicted octanol–water partition coefficient (Wildman–Crippen LogP) is -0.315. The number of methoxy groups -OCH3 is 1. The lowest BCUT2D eigenvalue weighted by Gasteiger charge is -2.42.